The molecule has 0 aliphatic carbocycles. The third-order valence-electron chi connectivity index (χ3n) is 11.6. The van der Waals surface area contributed by atoms with E-state index in [1.807, 2.05) is 0 Å². The van der Waals surface area contributed by atoms with Gasteiger partial charge in [0.1, 0.15) is 11.9 Å². The van der Waals surface area contributed by atoms with E-state index in [9.17, 15) is 0 Å². The van der Waals surface area contributed by atoms with Crippen molar-refractivity contribution in [2.45, 2.75) is 33.9 Å². The Morgan fingerprint density at radius 2 is 0.686 bits per heavy atom. The van der Waals surface area contributed by atoms with E-state index >= 15 is 0 Å². The number of aryl methyl sites for hydroxylation is 3. The standard InChI is InChI=1S/C48H38N2O/c1-28-22-23-40-36-18-10-6-14-32(36)34-16-8-12-20-38(34)42-24-25-43-39-21-13-9-17-35(39)33-15-7-11-19-37(33)41-26-27-44(51-5)30(3)46(41)50-31(4)49(45(40)29(28)2)47(42)48(43)50/h6-27,31H,1-5H3/t31-/m0/s1. The Morgan fingerprint density at radius 1 is 0.373 bits per heavy atom. The second-order valence-electron chi connectivity index (χ2n) is 14.1. The SMILES string of the molecule is COc1ccc2c3ccccc3c3ccccc3c3ccc4c5ccccc5c5ccccc5c5ccc(C)c(C)c5n5c4c3n(c2c1C)[C@H]5C. The lowest BCUT2D eigenvalue weighted by molar-refractivity contribution is 0.412. The van der Waals surface area contributed by atoms with Crippen LogP contribution in [-0.4, -0.2) is 16.2 Å². The molecule has 51 heavy (non-hydrogen) atoms. The smallest absolute Gasteiger partial charge is 0.123 e. The van der Waals surface area contributed by atoms with Gasteiger partial charge in [-0.25, -0.2) is 0 Å². The normalized spacial score (nSPS) is 13.8. The lowest BCUT2D eigenvalue weighted by Crippen LogP contribution is -2.12. The van der Waals surface area contributed by atoms with Crippen LogP contribution in [0.1, 0.15) is 29.8 Å². The molecule has 9 aromatic rings. The van der Waals surface area contributed by atoms with Crippen LogP contribution in [0.15, 0.2) is 133 Å². The zero-order valence-electron chi connectivity index (χ0n) is 29.6. The zero-order valence-corrected chi connectivity index (χ0v) is 29.6. The third-order valence-corrected chi connectivity index (χ3v) is 11.6. The number of nitrogens with zero attached hydrogens (tertiary/aromatic N) is 2. The molecule has 0 saturated heterocycles. The van der Waals surface area contributed by atoms with Crippen LogP contribution in [-0.2, 0) is 0 Å². The fourth-order valence-electron chi connectivity index (χ4n) is 9.16. The van der Waals surface area contributed by atoms with Gasteiger partial charge in [-0.3, -0.25) is 0 Å². The van der Waals surface area contributed by atoms with E-state index < -0.39 is 0 Å². The highest BCUT2D eigenvalue weighted by molar-refractivity contribution is 6.27. The van der Waals surface area contributed by atoms with Gasteiger partial charge in [0, 0.05) is 27.1 Å². The average Bonchev–Trinajstić information content (AvgIpc) is 3.49. The summed E-state index contributed by atoms with van der Waals surface area (Å²) in [6.45, 7) is 9.15. The van der Waals surface area contributed by atoms with E-state index in [0.717, 1.165) is 11.3 Å². The number of methoxy groups -OCH3 is 1. The minimum absolute atomic E-state index is 0.0708. The van der Waals surface area contributed by atoms with Crippen LogP contribution in [0, 0.1) is 20.8 Å². The lowest BCUT2D eigenvalue weighted by Gasteiger charge is -2.21. The largest absolute Gasteiger partial charge is 0.496 e. The summed E-state index contributed by atoms with van der Waals surface area (Å²) in [5.74, 6) is 0.890. The molecule has 3 nitrogen and oxygen atoms in total. The van der Waals surface area contributed by atoms with Crippen LogP contribution in [0.25, 0.3) is 86.7 Å². The van der Waals surface area contributed by atoms with Crippen molar-refractivity contribution >= 4 is 86.7 Å². The van der Waals surface area contributed by atoms with Gasteiger partial charge < -0.3 is 13.9 Å². The van der Waals surface area contributed by atoms with Gasteiger partial charge in [-0.15, -0.1) is 0 Å². The van der Waals surface area contributed by atoms with Crippen molar-refractivity contribution in [1.29, 1.82) is 0 Å². The second-order valence-corrected chi connectivity index (χ2v) is 14.1. The summed E-state index contributed by atoms with van der Waals surface area (Å²) in [6.07, 6.45) is -0.0708. The first-order valence-electron chi connectivity index (χ1n) is 17.9. The molecule has 2 aromatic heterocycles. The van der Waals surface area contributed by atoms with Crippen LogP contribution < -0.4 is 4.74 Å². The minimum atomic E-state index is -0.0708. The number of ether oxygens (including phenoxy) is 1. The van der Waals surface area contributed by atoms with Crippen LogP contribution >= 0.6 is 0 Å². The quantitative estimate of drug-likeness (QED) is 0.172. The Balaban J connectivity index is 1.69. The van der Waals surface area contributed by atoms with Gasteiger partial charge in [0.15, 0.2) is 0 Å². The number of hydrogen-bond acceptors (Lipinski definition) is 1. The molecular formula is C48H38N2O. The van der Waals surface area contributed by atoms with Gasteiger partial charge in [0.2, 0.25) is 0 Å². The monoisotopic (exact) mass is 658 g/mol. The van der Waals surface area contributed by atoms with Gasteiger partial charge in [0.05, 0.1) is 29.2 Å². The highest BCUT2D eigenvalue weighted by Gasteiger charge is 2.27. The molecule has 0 fully saturated rings. The zero-order chi connectivity index (χ0) is 34.5. The first kappa shape index (κ1) is 29.8. The number of benzene rings is 7. The summed E-state index contributed by atoms with van der Waals surface area (Å²) in [7, 11) is 1.79. The Hall–Kier alpha value is -6.06. The molecule has 0 bridgehead atoms. The summed E-state index contributed by atoms with van der Waals surface area (Å²) in [6, 6.07) is 49.6. The number of fused-ring (bicyclic) bond motifs is 14. The molecule has 3 heterocycles. The fourth-order valence-corrected chi connectivity index (χ4v) is 9.16. The molecule has 7 aromatic carbocycles. The van der Waals surface area contributed by atoms with Gasteiger partial charge in [-0.05, 0) is 94.0 Å². The molecule has 0 spiro atoms. The van der Waals surface area contributed by atoms with E-state index in [0.29, 0.717) is 0 Å². The van der Waals surface area contributed by atoms with Crippen molar-refractivity contribution in [1.82, 2.24) is 9.13 Å². The minimum Gasteiger partial charge on any atom is -0.496 e. The summed E-state index contributed by atoms with van der Waals surface area (Å²) in [5, 5.41) is 14.8. The van der Waals surface area contributed by atoms with Crippen LogP contribution in [0.3, 0.4) is 0 Å². The molecule has 0 radical (unpaired) electrons. The molecule has 1 atom stereocenters. The van der Waals surface area contributed by atoms with Crippen molar-refractivity contribution in [2.24, 2.45) is 0 Å². The molecule has 10 rings (SSSR count). The molecule has 0 saturated carbocycles. The maximum absolute atomic E-state index is 6.08. The number of hydrogen-bond donors (Lipinski definition) is 0. The Labute approximate surface area is 296 Å². The van der Waals surface area contributed by atoms with Crippen molar-refractivity contribution in [3.63, 3.8) is 0 Å². The summed E-state index contributed by atoms with van der Waals surface area (Å²) in [5.41, 5.74) is 8.62. The number of rotatable bonds is 1. The van der Waals surface area contributed by atoms with Gasteiger partial charge in [0.25, 0.3) is 0 Å². The predicted molar refractivity (Wildman–Crippen MR) is 219 cm³/mol. The van der Waals surface area contributed by atoms with Gasteiger partial charge in [-0.1, -0.05) is 121 Å². The van der Waals surface area contributed by atoms with Crippen LogP contribution in [0.2, 0.25) is 0 Å². The molecule has 0 N–H and O–H groups in total. The molecular weight excluding hydrogens is 621 g/mol. The average molecular weight is 659 g/mol. The maximum atomic E-state index is 6.08. The summed E-state index contributed by atoms with van der Waals surface area (Å²) < 4.78 is 11.4. The van der Waals surface area contributed by atoms with Crippen molar-refractivity contribution in [3.8, 4) is 5.75 Å². The van der Waals surface area contributed by atoms with Gasteiger partial charge >= 0.3 is 0 Å². The Morgan fingerprint density at radius 3 is 1.08 bits per heavy atom. The number of aromatic nitrogens is 2. The molecule has 3 heteroatoms. The highest BCUT2D eigenvalue weighted by Crippen LogP contribution is 2.46. The first-order valence-corrected chi connectivity index (χ1v) is 17.9. The maximum Gasteiger partial charge on any atom is 0.123 e. The van der Waals surface area contributed by atoms with E-state index in [1.165, 1.54) is 97.8 Å². The topological polar surface area (TPSA) is 19.1 Å². The van der Waals surface area contributed by atoms with E-state index in [2.05, 4.69) is 170 Å². The fraction of sp³-hybridized carbons (Fsp3) is 0.125. The molecule has 0 amide bonds. The summed E-state index contributed by atoms with van der Waals surface area (Å²) >= 11 is 0. The lowest BCUT2D eigenvalue weighted by atomic mass is 9.98. The van der Waals surface area contributed by atoms with E-state index in [4.69, 9.17) is 4.74 Å². The third kappa shape index (κ3) is 4.00. The Kier molecular flexibility index (Phi) is 6.41. The second kappa shape index (κ2) is 11.0. The van der Waals surface area contributed by atoms with Crippen molar-refractivity contribution < 1.29 is 4.74 Å². The van der Waals surface area contributed by atoms with Crippen molar-refractivity contribution in [2.75, 3.05) is 7.11 Å². The Bertz CT molecular complexity index is 3120. The van der Waals surface area contributed by atoms with Crippen molar-refractivity contribution in [3.05, 3.63) is 150 Å². The van der Waals surface area contributed by atoms with Crippen LogP contribution in [0.4, 0.5) is 0 Å². The molecule has 246 valence electrons. The van der Waals surface area contributed by atoms with Crippen LogP contribution in [0.5, 0.6) is 5.75 Å². The molecule has 1 aliphatic rings. The highest BCUT2D eigenvalue weighted by atomic mass is 16.5. The first-order chi connectivity index (χ1) is 25.0. The predicted octanol–water partition coefficient (Wildman–Crippen LogP) is 13.1. The molecule has 1 aliphatic heterocycles. The van der Waals surface area contributed by atoms with E-state index in [1.54, 1.807) is 7.11 Å². The summed E-state index contributed by atoms with van der Waals surface area (Å²) in [4.78, 5) is 0. The van der Waals surface area contributed by atoms with E-state index in [-0.39, 0.29) is 6.17 Å². The van der Waals surface area contributed by atoms with Gasteiger partial charge in [-0.2, -0.15) is 0 Å². The molecule has 0 unspecified atom stereocenters.